The molecule has 2 aromatic carbocycles. The third-order valence-corrected chi connectivity index (χ3v) is 3.17. The number of ether oxygens (including phenoxy) is 1. The number of furan rings is 1. The zero-order valence-corrected chi connectivity index (χ0v) is 11.2. The Morgan fingerprint density at radius 1 is 1.10 bits per heavy atom. The minimum Gasteiger partial charge on any atom is -0.508 e. The second-order valence-electron chi connectivity index (χ2n) is 4.55. The zero-order chi connectivity index (χ0) is 15.0. The Morgan fingerprint density at radius 3 is 2.48 bits per heavy atom. The fourth-order valence-electron chi connectivity index (χ4n) is 2.09. The molecule has 21 heavy (non-hydrogen) atoms. The van der Waals surface area contributed by atoms with Crippen LogP contribution in [0.5, 0.6) is 17.2 Å². The summed E-state index contributed by atoms with van der Waals surface area (Å²) in [5, 5.41) is 19.6. The van der Waals surface area contributed by atoms with E-state index in [1.807, 2.05) is 0 Å². The SMILES string of the molecule is COc1cc2oc(C(=O)c3ccc(O)cc3)cc2cc1O. The first-order valence-electron chi connectivity index (χ1n) is 6.23. The molecule has 0 atom stereocenters. The van der Waals surface area contributed by atoms with E-state index in [1.165, 1.54) is 43.5 Å². The molecule has 0 fully saturated rings. The van der Waals surface area contributed by atoms with Crippen LogP contribution in [0.15, 0.2) is 46.9 Å². The first kappa shape index (κ1) is 13.1. The van der Waals surface area contributed by atoms with Crippen molar-refractivity contribution in [2.75, 3.05) is 7.11 Å². The lowest BCUT2D eigenvalue weighted by atomic mass is 10.1. The predicted octanol–water partition coefficient (Wildman–Crippen LogP) is 3.08. The summed E-state index contributed by atoms with van der Waals surface area (Å²) < 4.78 is 10.5. The van der Waals surface area contributed by atoms with Crippen LogP contribution in [0.3, 0.4) is 0 Å². The summed E-state index contributed by atoms with van der Waals surface area (Å²) in [6.07, 6.45) is 0. The molecule has 3 aromatic rings. The van der Waals surface area contributed by atoms with Crippen molar-refractivity contribution >= 4 is 16.8 Å². The second-order valence-corrected chi connectivity index (χ2v) is 4.55. The number of carbonyl (C=O) groups excluding carboxylic acids is 1. The minimum absolute atomic E-state index is 0.0190. The maximum Gasteiger partial charge on any atom is 0.228 e. The Bertz CT molecular complexity index is 815. The molecule has 0 saturated heterocycles. The highest BCUT2D eigenvalue weighted by Crippen LogP contribution is 2.33. The number of hydrogen-bond acceptors (Lipinski definition) is 5. The van der Waals surface area contributed by atoms with E-state index in [9.17, 15) is 15.0 Å². The van der Waals surface area contributed by atoms with Gasteiger partial charge in [0.1, 0.15) is 11.3 Å². The van der Waals surface area contributed by atoms with Gasteiger partial charge in [-0.2, -0.15) is 0 Å². The van der Waals surface area contributed by atoms with Crippen LogP contribution in [0.1, 0.15) is 16.1 Å². The van der Waals surface area contributed by atoms with Crippen LogP contribution >= 0.6 is 0 Å². The van der Waals surface area contributed by atoms with Crippen LogP contribution in [-0.2, 0) is 0 Å². The maximum absolute atomic E-state index is 12.3. The number of methoxy groups -OCH3 is 1. The molecule has 5 heteroatoms. The van der Waals surface area contributed by atoms with E-state index in [1.54, 1.807) is 6.07 Å². The van der Waals surface area contributed by atoms with Crippen LogP contribution in [0.4, 0.5) is 0 Å². The highest BCUT2D eigenvalue weighted by Gasteiger charge is 2.16. The van der Waals surface area contributed by atoms with Crippen molar-refractivity contribution < 1.29 is 24.2 Å². The molecule has 0 aliphatic rings. The third-order valence-electron chi connectivity index (χ3n) is 3.17. The molecule has 0 radical (unpaired) electrons. The number of ketones is 1. The van der Waals surface area contributed by atoms with Crippen molar-refractivity contribution in [1.82, 2.24) is 0 Å². The van der Waals surface area contributed by atoms with Crippen molar-refractivity contribution in [3.8, 4) is 17.2 Å². The van der Waals surface area contributed by atoms with Gasteiger partial charge in [0, 0.05) is 17.0 Å². The van der Waals surface area contributed by atoms with E-state index in [4.69, 9.17) is 9.15 Å². The number of phenolic OH excluding ortho intramolecular Hbond substituents is 2. The smallest absolute Gasteiger partial charge is 0.228 e. The number of hydrogen-bond donors (Lipinski definition) is 2. The average molecular weight is 284 g/mol. The Morgan fingerprint density at radius 2 is 1.81 bits per heavy atom. The quantitative estimate of drug-likeness (QED) is 0.722. The van der Waals surface area contributed by atoms with Gasteiger partial charge in [-0.3, -0.25) is 4.79 Å². The number of benzene rings is 2. The van der Waals surface area contributed by atoms with Crippen LogP contribution in [0.2, 0.25) is 0 Å². The normalized spacial score (nSPS) is 10.7. The standard InChI is InChI=1S/C16H12O5/c1-20-14-8-13-10(6-12(14)18)7-15(21-13)16(19)9-2-4-11(17)5-3-9/h2-8,17-18H,1H3. The third kappa shape index (κ3) is 2.29. The molecule has 0 saturated carbocycles. The number of aromatic hydroxyl groups is 2. The fraction of sp³-hybridized carbons (Fsp3) is 0.0625. The maximum atomic E-state index is 12.3. The van der Waals surface area contributed by atoms with Gasteiger partial charge in [-0.15, -0.1) is 0 Å². The summed E-state index contributed by atoms with van der Waals surface area (Å²) in [6.45, 7) is 0. The summed E-state index contributed by atoms with van der Waals surface area (Å²) in [4.78, 5) is 12.3. The zero-order valence-electron chi connectivity index (χ0n) is 11.2. The van der Waals surface area contributed by atoms with Crippen molar-refractivity contribution in [2.24, 2.45) is 0 Å². The molecule has 0 aliphatic heterocycles. The highest BCUT2D eigenvalue weighted by atomic mass is 16.5. The molecule has 2 N–H and O–H groups in total. The molecular formula is C16H12O5. The molecule has 3 rings (SSSR count). The molecule has 0 spiro atoms. The first-order chi connectivity index (χ1) is 10.1. The lowest BCUT2D eigenvalue weighted by Crippen LogP contribution is -1.98. The van der Waals surface area contributed by atoms with Gasteiger partial charge < -0.3 is 19.4 Å². The van der Waals surface area contributed by atoms with Gasteiger partial charge in [-0.25, -0.2) is 0 Å². The second kappa shape index (κ2) is 4.86. The number of phenols is 2. The van der Waals surface area contributed by atoms with Crippen LogP contribution < -0.4 is 4.74 Å². The van der Waals surface area contributed by atoms with E-state index >= 15 is 0 Å². The predicted molar refractivity (Wildman–Crippen MR) is 76.0 cm³/mol. The molecule has 0 bridgehead atoms. The molecule has 0 unspecified atom stereocenters. The Kier molecular flexibility index (Phi) is 3.02. The van der Waals surface area contributed by atoms with Crippen molar-refractivity contribution in [1.29, 1.82) is 0 Å². The van der Waals surface area contributed by atoms with Gasteiger partial charge in [0.05, 0.1) is 7.11 Å². The molecule has 1 aromatic heterocycles. The summed E-state index contributed by atoms with van der Waals surface area (Å²) in [6, 6.07) is 10.5. The average Bonchev–Trinajstić information content (AvgIpc) is 2.89. The van der Waals surface area contributed by atoms with Crippen molar-refractivity contribution in [3.63, 3.8) is 0 Å². The van der Waals surface area contributed by atoms with Gasteiger partial charge in [0.25, 0.3) is 0 Å². The van der Waals surface area contributed by atoms with E-state index in [0.29, 0.717) is 16.5 Å². The topological polar surface area (TPSA) is 79.9 Å². The molecule has 5 nitrogen and oxygen atoms in total. The van der Waals surface area contributed by atoms with Gasteiger partial charge in [-0.05, 0) is 36.4 Å². The van der Waals surface area contributed by atoms with Gasteiger partial charge in [0.15, 0.2) is 17.3 Å². The van der Waals surface area contributed by atoms with E-state index in [0.717, 1.165) is 0 Å². The van der Waals surface area contributed by atoms with Gasteiger partial charge in [-0.1, -0.05) is 0 Å². The Balaban J connectivity index is 2.04. The summed E-state index contributed by atoms with van der Waals surface area (Å²) in [5.41, 5.74) is 0.856. The van der Waals surface area contributed by atoms with Crippen LogP contribution in [0, 0.1) is 0 Å². The summed E-state index contributed by atoms with van der Waals surface area (Å²) in [7, 11) is 1.44. The van der Waals surface area contributed by atoms with E-state index in [2.05, 4.69) is 0 Å². The Labute approximate surface area is 120 Å². The van der Waals surface area contributed by atoms with Crippen LogP contribution in [0.25, 0.3) is 11.0 Å². The molecule has 0 aliphatic carbocycles. The molecule has 0 amide bonds. The fourth-order valence-corrected chi connectivity index (χ4v) is 2.09. The van der Waals surface area contributed by atoms with Gasteiger partial charge in [0.2, 0.25) is 5.78 Å². The minimum atomic E-state index is -0.301. The van der Waals surface area contributed by atoms with Crippen LogP contribution in [-0.4, -0.2) is 23.1 Å². The number of rotatable bonds is 3. The lowest BCUT2D eigenvalue weighted by molar-refractivity contribution is 0.101. The largest absolute Gasteiger partial charge is 0.508 e. The van der Waals surface area contributed by atoms with Gasteiger partial charge >= 0.3 is 0 Å². The first-order valence-corrected chi connectivity index (χ1v) is 6.23. The van der Waals surface area contributed by atoms with Crippen molar-refractivity contribution in [3.05, 3.63) is 53.8 Å². The summed E-state index contributed by atoms with van der Waals surface area (Å²) in [5.74, 6) is 0.203. The van der Waals surface area contributed by atoms with E-state index < -0.39 is 0 Å². The number of fused-ring (bicyclic) bond motifs is 1. The number of carbonyl (C=O) groups is 1. The Hall–Kier alpha value is -2.95. The van der Waals surface area contributed by atoms with Crippen molar-refractivity contribution in [2.45, 2.75) is 0 Å². The highest BCUT2D eigenvalue weighted by molar-refractivity contribution is 6.09. The molecular weight excluding hydrogens is 272 g/mol. The molecule has 106 valence electrons. The monoisotopic (exact) mass is 284 g/mol. The molecule has 1 heterocycles. The lowest BCUT2D eigenvalue weighted by Gasteiger charge is -2.01. The van der Waals surface area contributed by atoms with E-state index in [-0.39, 0.29) is 28.8 Å². The summed E-state index contributed by atoms with van der Waals surface area (Å²) >= 11 is 0.